The maximum Gasteiger partial charge on any atom is 0.237 e. The van der Waals surface area contributed by atoms with Crippen molar-refractivity contribution in [2.45, 2.75) is 50.4 Å². The van der Waals surface area contributed by atoms with Crippen LogP contribution in [-0.4, -0.2) is 26.0 Å². The highest BCUT2D eigenvalue weighted by molar-refractivity contribution is 8.00. The first-order chi connectivity index (χ1) is 11.4. The monoisotopic (exact) mass is 367 g/mol. The lowest BCUT2D eigenvalue weighted by Gasteiger charge is -2.13. The number of anilines is 1. The van der Waals surface area contributed by atoms with E-state index in [-0.39, 0.29) is 11.2 Å². The number of carbonyl (C=O) groups is 1. The Morgan fingerprint density at radius 1 is 1.46 bits per heavy atom. The summed E-state index contributed by atoms with van der Waals surface area (Å²) in [7, 11) is 0. The molecule has 0 unspecified atom stereocenters. The van der Waals surface area contributed by atoms with Gasteiger partial charge in [0.15, 0.2) is 5.82 Å². The summed E-state index contributed by atoms with van der Waals surface area (Å²) in [5, 5.41) is 11.8. The molecular formula is C16H22ClN5OS. The standard InChI is InChI=1S/C16H22ClN5OS/c1-4-5-9-14-20-21-16(22(14)18)24-11(3)15(23)19-13-8-6-7-12(17)10(13)2/h6-8,11H,4-5,9,18H2,1-3H3,(H,19,23)/t11-/m1/s1. The molecule has 0 aliphatic carbocycles. The van der Waals surface area contributed by atoms with Gasteiger partial charge >= 0.3 is 0 Å². The molecular weight excluding hydrogens is 346 g/mol. The number of unbranched alkanes of at least 4 members (excludes halogenated alkanes) is 1. The quantitative estimate of drug-likeness (QED) is 0.578. The summed E-state index contributed by atoms with van der Waals surface area (Å²) in [5.74, 6) is 6.61. The number of thioether (sulfide) groups is 1. The molecule has 0 fully saturated rings. The number of aromatic nitrogens is 3. The van der Waals surface area contributed by atoms with Crippen LogP contribution in [0.3, 0.4) is 0 Å². The zero-order chi connectivity index (χ0) is 17.7. The van der Waals surface area contributed by atoms with Gasteiger partial charge in [0.25, 0.3) is 0 Å². The minimum atomic E-state index is -0.367. The Morgan fingerprint density at radius 3 is 2.92 bits per heavy atom. The molecule has 0 spiro atoms. The Hall–Kier alpha value is -1.73. The third-order valence-electron chi connectivity index (χ3n) is 3.67. The van der Waals surface area contributed by atoms with E-state index >= 15 is 0 Å². The Labute approximate surface area is 151 Å². The van der Waals surface area contributed by atoms with Gasteiger partial charge in [0.05, 0.1) is 5.25 Å². The second-order valence-electron chi connectivity index (χ2n) is 5.53. The first kappa shape index (κ1) is 18.6. The van der Waals surface area contributed by atoms with Crippen LogP contribution in [0.25, 0.3) is 0 Å². The molecule has 0 aliphatic heterocycles. The van der Waals surface area contributed by atoms with Gasteiger partial charge in [-0.25, -0.2) is 4.68 Å². The number of nitrogens with two attached hydrogens (primary N) is 1. The van der Waals surface area contributed by atoms with E-state index in [0.717, 1.165) is 30.7 Å². The van der Waals surface area contributed by atoms with Gasteiger partial charge in [-0.15, -0.1) is 10.2 Å². The molecule has 130 valence electrons. The van der Waals surface area contributed by atoms with Crippen molar-refractivity contribution in [1.82, 2.24) is 14.9 Å². The molecule has 2 rings (SSSR count). The Balaban J connectivity index is 2.01. The van der Waals surface area contributed by atoms with E-state index in [0.29, 0.717) is 15.9 Å². The lowest BCUT2D eigenvalue weighted by molar-refractivity contribution is -0.115. The summed E-state index contributed by atoms with van der Waals surface area (Å²) in [6.07, 6.45) is 2.85. The zero-order valence-electron chi connectivity index (χ0n) is 14.0. The molecule has 1 amide bonds. The van der Waals surface area contributed by atoms with Crippen LogP contribution in [0.1, 0.15) is 38.1 Å². The number of aryl methyl sites for hydroxylation is 1. The third-order valence-corrected chi connectivity index (χ3v) is 5.13. The number of nitrogen functional groups attached to an aromatic ring is 1. The van der Waals surface area contributed by atoms with Crippen molar-refractivity contribution in [1.29, 1.82) is 0 Å². The van der Waals surface area contributed by atoms with E-state index in [4.69, 9.17) is 17.4 Å². The zero-order valence-corrected chi connectivity index (χ0v) is 15.6. The SMILES string of the molecule is CCCCc1nnc(S[C@H](C)C(=O)Nc2cccc(Cl)c2C)n1N. The van der Waals surface area contributed by atoms with Gasteiger partial charge in [-0.05, 0) is 38.0 Å². The molecule has 0 radical (unpaired) electrons. The van der Waals surface area contributed by atoms with E-state index in [9.17, 15) is 4.79 Å². The molecule has 0 saturated heterocycles. The summed E-state index contributed by atoms with van der Waals surface area (Å²) in [6, 6.07) is 5.42. The van der Waals surface area contributed by atoms with Crippen LogP contribution in [0.2, 0.25) is 5.02 Å². The maximum absolute atomic E-state index is 12.4. The van der Waals surface area contributed by atoms with Crippen LogP contribution in [0, 0.1) is 6.92 Å². The topological polar surface area (TPSA) is 85.8 Å². The maximum atomic E-state index is 12.4. The molecule has 0 bridgehead atoms. The second kappa shape index (κ2) is 8.39. The van der Waals surface area contributed by atoms with Crippen LogP contribution in [0.5, 0.6) is 0 Å². The van der Waals surface area contributed by atoms with Crippen molar-refractivity contribution in [3.8, 4) is 0 Å². The summed E-state index contributed by atoms with van der Waals surface area (Å²) >= 11 is 7.36. The molecule has 0 aliphatic rings. The Bertz CT molecular complexity index is 718. The van der Waals surface area contributed by atoms with Crippen molar-refractivity contribution < 1.29 is 4.79 Å². The number of hydrogen-bond donors (Lipinski definition) is 2. The normalized spacial score (nSPS) is 12.2. The van der Waals surface area contributed by atoms with Gasteiger partial charge in [-0.2, -0.15) is 0 Å². The van der Waals surface area contributed by atoms with Gasteiger partial charge in [0.2, 0.25) is 11.1 Å². The molecule has 8 heteroatoms. The van der Waals surface area contributed by atoms with Gasteiger partial charge in [-0.3, -0.25) is 4.79 Å². The van der Waals surface area contributed by atoms with Crippen LogP contribution in [-0.2, 0) is 11.2 Å². The summed E-state index contributed by atoms with van der Waals surface area (Å²) < 4.78 is 1.47. The van der Waals surface area contributed by atoms with Gasteiger partial charge in [0.1, 0.15) is 0 Å². The average Bonchev–Trinajstić information content (AvgIpc) is 2.90. The largest absolute Gasteiger partial charge is 0.336 e. The molecule has 1 aromatic heterocycles. The van der Waals surface area contributed by atoms with E-state index in [1.54, 1.807) is 19.1 Å². The predicted molar refractivity (Wildman–Crippen MR) is 98.9 cm³/mol. The summed E-state index contributed by atoms with van der Waals surface area (Å²) in [4.78, 5) is 12.4. The van der Waals surface area contributed by atoms with Crippen molar-refractivity contribution in [3.05, 3.63) is 34.6 Å². The number of hydrogen-bond acceptors (Lipinski definition) is 5. The first-order valence-corrected chi connectivity index (χ1v) is 9.11. The molecule has 1 heterocycles. The third kappa shape index (κ3) is 4.42. The Morgan fingerprint density at radius 2 is 2.21 bits per heavy atom. The molecule has 3 N–H and O–H groups in total. The summed E-state index contributed by atoms with van der Waals surface area (Å²) in [6.45, 7) is 5.78. The molecule has 6 nitrogen and oxygen atoms in total. The second-order valence-corrected chi connectivity index (χ2v) is 7.25. The molecule has 2 aromatic rings. The minimum Gasteiger partial charge on any atom is -0.336 e. The van der Waals surface area contributed by atoms with Crippen LogP contribution in [0.15, 0.2) is 23.4 Å². The fourth-order valence-electron chi connectivity index (χ4n) is 2.08. The van der Waals surface area contributed by atoms with E-state index in [1.807, 2.05) is 13.0 Å². The fourth-order valence-corrected chi connectivity index (χ4v) is 3.05. The molecule has 1 atom stereocenters. The number of nitrogens with one attached hydrogen (secondary N) is 1. The average molecular weight is 368 g/mol. The number of amides is 1. The van der Waals surface area contributed by atoms with E-state index in [2.05, 4.69) is 22.4 Å². The predicted octanol–water partition coefficient (Wildman–Crippen LogP) is 3.42. The fraction of sp³-hybridized carbons (Fsp3) is 0.438. The highest BCUT2D eigenvalue weighted by Gasteiger charge is 2.20. The number of benzene rings is 1. The minimum absolute atomic E-state index is 0.136. The van der Waals surface area contributed by atoms with Gasteiger partial charge in [0, 0.05) is 17.1 Å². The highest BCUT2D eigenvalue weighted by atomic mass is 35.5. The Kier molecular flexibility index (Phi) is 6.51. The molecule has 24 heavy (non-hydrogen) atoms. The number of carbonyl (C=O) groups excluding carboxylic acids is 1. The summed E-state index contributed by atoms with van der Waals surface area (Å²) in [5.41, 5.74) is 1.55. The lowest BCUT2D eigenvalue weighted by Crippen LogP contribution is -2.24. The van der Waals surface area contributed by atoms with Gasteiger partial charge in [-0.1, -0.05) is 42.8 Å². The highest BCUT2D eigenvalue weighted by Crippen LogP contribution is 2.26. The number of nitrogens with zero attached hydrogens (tertiary/aromatic N) is 3. The number of halogens is 1. The van der Waals surface area contributed by atoms with Crippen LogP contribution < -0.4 is 11.2 Å². The van der Waals surface area contributed by atoms with Crippen molar-refractivity contribution in [3.63, 3.8) is 0 Å². The molecule has 1 aromatic carbocycles. The smallest absolute Gasteiger partial charge is 0.237 e. The first-order valence-electron chi connectivity index (χ1n) is 7.86. The van der Waals surface area contributed by atoms with E-state index < -0.39 is 0 Å². The van der Waals surface area contributed by atoms with Crippen molar-refractivity contribution in [2.75, 3.05) is 11.2 Å². The lowest BCUT2D eigenvalue weighted by atomic mass is 10.2. The van der Waals surface area contributed by atoms with Crippen LogP contribution >= 0.6 is 23.4 Å². The van der Waals surface area contributed by atoms with Crippen molar-refractivity contribution >= 4 is 35.0 Å². The molecule has 0 saturated carbocycles. The van der Waals surface area contributed by atoms with Gasteiger partial charge < -0.3 is 11.2 Å². The van der Waals surface area contributed by atoms with E-state index in [1.165, 1.54) is 16.4 Å². The van der Waals surface area contributed by atoms with Crippen molar-refractivity contribution in [2.24, 2.45) is 0 Å². The number of rotatable bonds is 7. The van der Waals surface area contributed by atoms with Crippen LogP contribution in [0.4, 0.5) is 5.69 Å².